The molecule has 1 atom stereocenters. The van der Waals surface area contributed by atoms with Crippen molar-refractivity contribution in [2.24, 2.45) is 0 Å². The van der Waals surface area contributed by atoms with Crippen LogP contribution in [0, 0.1) is 0 Å². The van der Waals surface area contributed by atoms with Gasteiger partial charge in [0.15, 0.2) is 0 Å². The maximum absolute atomic E-state index is 13.3. The van der Waals surface area contributed by atoms with E-state index in [2.05, 4.69) is 10.8 Å². The van der Waals surface area contributed by atoms with Crippen molar-refractivity contribution in [3.63, 3.8) is 0 Å². The average molecular weight is 505 g/mol. The molecular formula is C27H56N2O6. The maximum atomic E-state index is 13.3. The molecule has 0 rings (SSSR count). The molecule has 0 fully saturated rings. The van der Waals surface area contributed by atoms with Crippen molar-refractivity contribution in [2.75, 3.05) is 6.54 Å². The molecule has 0 spiro atoms. The van der Waals surface area contributed by atoms with Crippen molar-refractivity contribution in [1.82, 2.24) is 10.8 Å². The summed E-state index contributed by atoms with van der Waals surface area (Å²) < 4.78 is 11.2. The first-order chi connectivity index (χ1) is 15.7. The van der Waals surface area contributed by atoms with Gasteiger partial charge in [0.05, 0.1) is 5.60 Å². The van der Waals surface area contributed by atoms with Gasteiger partial charge in [0, 0.05) is 6.54 Å². The maximum Gasteiger partial charge on any atom is 0.408 e. The van der Waals surface area contributed by atoms with E-state index in [1.165, 1.54) is 0 Å². The molecule has 0 aromatic heterocycles. The van der Waals surface area contributed by atoms with Crippen molar-refractivity contribution >= 4 is 12.1 Å². The molecule has 8 nitrogen and oxygen atoms in total. The Kier molecular flexibility index (Phi) is 15.3. The summed E-state index contributed by atoms with van der Waals surface area (Å²) in [4.78, 5) is 31.6. The molecular weight excluding hydrogens is 448 g/mol. The van der Waals surface area contributed by atoms with Gasteiger partial charge in [-0.25, -0.2) is 15.1 Å². The standard InChI is InChI=1S/C25H50N2O6.C2H6/c1-12-13-16-25(19(28)31-21(2,3)4,27-20(29)32-22(5,6)7)17-14-15-18-26-33-24(10,11)23(8,9)30;1-2/h26,30H,12-18H2,1-11H3,(H,27,29);1-2H3. The Morgan fingerprint density at radius 2 is 1.26 bits per heavy atom. The number of alkyl carbamates (subject to hydrolysis) is 1. The van der Waals surface area contributed by atoms with Crippen molar-refractivity contribution in [2.45, 2.75) is 156 Å². The number of rotatable bonds is 13. The third-order valence-electron chi connectivity index (χ3n) is 5.42. The molecule has 0 aliphatic rings. The number of unbranched alkanes of at least 4 members (excludes halogenated alkanes) is 2. The van der Waals surface area contributed by atoms with Gasteiger partial charge in [-0.05, 0) is 94.9 Å². The summed E-state index contributed by atoms with van der Waals surface area (Å²) in [5, 5.41) is 13.0. The molecule has 0 radical (unpaired) electrons. The number of carbonyl (C=O) groups is 2. The topological polar surface area (TPSA) is 106 Å². The van der Waals surface area contributed by atoms with Crippen LogP contribution in [0.2, 0.25) is 0 Å². The summed E-state index contributed by atoms with van der Waals surface area (Å²) >= 11 is 0. The summed E-state index contributed by atoms with van der Waals surface area (Å²) in [6, 6.07) is 0. The van der Waals surface area contributed by atoms with E-state index >= 15 is 0 Å². The fourth-order valence-electron chi connectivity index (χ4n) is 2.84. The molecule has 0 aromatic carbocycles. The predicted octanol–water partition coefficient (Wildman–Crippen LogP) is 6.05. The lowest BCUT2D eigenvalue weighted by molar-refractivity contribution is -0.183. The molecule has 0 aliphatic heterocycles. The van der Waals surface area contributed by atoms with E-state index in [4.69, 9.17) is 14.3 Å². The number of ether oxygens (including phenoxy) is 2. The summed E-state index contributed by atoms with van der Waals surface area (Å²) in [5.74, 6) is -0.443. The minimum atomic E-state index is -1.17. The Balaban J connectivity index is 0. The van der Waals surface area contributed by atoms with E-state index in [1.807, 2.05) is 55.4 Å². The molecule has 210 valence electrons. The van der Waals surface area contributed by atoms with Crippen molar-refractivity contribution in [3.8, 4) is 0 Å². The minimum Gasteiger partial charge on any atom is -0.458 e. The van der Waals surface area contributed by atoms with Crippen molar-refractivity contribution in [3.05, 3.63) is 0 Å². The lowest BCUT2D eigenvalue weighted by atomic mass is 9.86. The summed E-state index contributed by atoms with van der Waals surface area (Å²) in [6.07, 6.45) is 3.24. The van der Waals surface area contributed by atoms with Crippen LogP contribution in [0.15, 0.2) is 0 Å². The second-order valence-electron chi connectivity index (χ2n) is 11.8. The third kappa shape index (κ3) is 15.4. The second-order valence-corrected chi connectivity index (χ2v) is 11.8. The number of nitrogens with one attached hydrogen (secondary N) is 2. The number of hydrogen-bond acceptors (Lipinski definition) is 7. The van der Waals surface area contributed by atoms with Crippen LogP contribution >= 0.6 is 0 Å². The van der Waals surface area contributed by atoms with Gasteiger partial charge < -0.3 is 19.9 Å². The monoisotopic (exact) mass is 504 g/mol. The Labute approximate surface area is 215 Å². The fraction of sp³-hybridized carbons (Fsp3) is 0.926. The molecule has 0 saturated heterocycles. The van der Waals surface area contributed by atoms with E-state index in [0.29, 0.717) is 32.2 Å². The van der Waals surface area contributed by atoms with E-state index < -0.39 is 40.0 Å². The van der Waals surface area contributed by atoms with Gasteiger partial charge in [0.1, 0.15) is 22.3 Å². The molecule has 3 N–H and O–H groups in total. The van der Waals surface area contributed by atoms with Crippen molar-refractivity contribution < 1.29 is 29.0 Å². The number of esters is 1. The van der Waals surface area contributed by atoms with E-state index in [-0.39, 0.29) is 0 Å². The van der Waals surface area contributed by atoms with Crippen LogP contribution in [0.4, 0.5) is 4.79 Å². The van der Waals surface area contributed by atoms with Gasteiger partial charge in [-0.3, -0.25) is 4.84 Å². The average Bonchev–Trinajstić information content (AvgIpc) is 2.66. The largest absolute Gasteiger partial charge is 0.458 e. The zero-order valence-corrected chi connectivity index (χ0v) is 24.9. The first-order valence-corrected chi connectivity index (χ1v) is 13.1. The second kappa shape index (κ2) is 15.0. The number of hydroxylamine groups is 1. The summed E-state index contributed by atoms with van der Waals surface area (Å²) in [7, 11) is 0. The van der Waals surface area contributed by atoms with Crippen LogP contribution in [0.5, 0.6) is 0 Å². The zero-order valence-electron chi connectivity index (χ0n) is 24.9. The highest BCUT2D eigenvalue weighted by Gasteiger charge is 2.43. The van der Waals surface area contributed by atoms with Crippen LogP contribution in [0.1, 0.15) is 129 Å². The minimum absolute atomic E-state index is 0.414. The Bertz CT molecular complexity index is 615. The van der Waals surface area contributed by atoms with E-state index in [9.17, 15) is 14.7 Å². The molecule has 1 unspecified atom stereocenters. The van der Waals surface area contributed by atoms with E-state index in [1.54, 1.807) is 34.6 Å². The summed E-state index contributed by atoms with van der Waals surface area (Å²) in [6.45, 7) is 24.4. The van der Waals surface area contributed by atoms with Crippen LogP contribution in [0.3, 0.4) is 0 Å². The predicted molar refractivity (Wildman–Crippen MR) is 142 cm³/mol. The molecule has 1 amide bonds. The van der Waals surface area contributed by atoms with Crippen LogP contribution in [0.25, 0.3) is 0 Å². The number of aliphatic hydroxyl groups is 1. The summed E-state index contributed by atoms with van der Waals surface area (Å²) in [5.41, 5.74) is -1.39. The highest BCUT2D eigenvalue weighted by atomic mass is 16.7. The molecule has 0 bridgehead atoms. The van der Waals surface area contributed by atoms with Gasteiger partial charge in [-0.2, -0.15) is 0 Å². The van der Waals surface area contributed by atoms with Gasteiger partial charge in [0.2, 0.25) is 0 Å². The fourth-order valence-corrected chi connectivity index (χ4v) is 2.84. The highest BCUT2D eigenvalue weighted by Crippen LogP contribution is 2.27. The van der Waals surface area contributed by atoms with Gasteiger partial charge in [0.25, 0.3) is 0 Å². The van der Waals surface area contributed by atoms with Gasteiger partial charge in [-0.1, -0.05) is 33.6 Å². The van der Waals surface area contributed by atoms with Crippen LogP contribution < -0.4 is 10.8 Å². The van der Waals surface area contributed by atoms with Crippen LogP contribution in [-0.2, 0) is 19.1 Å². The van der Waals surface area contributed by atoms with Crippen molar-refractivity contribution in [1.29, 1.82) is 0 Å². The molecule has 0 saturated carbocycles. The van der Waals surface area contributed by atoms with Gasteiger partial charge in [-0.15, -0.1) is 0 Å². The van der Waals surface area contributed by atoms with Crippen LogP contribution in [-0.4, -0.2) is 51.7 Å². The highest BCUT2D eigenvalue weighted by molar-refractivity contribution is 5.86. The number of amides is 1. The number of hydrogen-bond donors (Lipinski definition) is 3. The number of carbonyl (C=O) groups excluding carboxylic acids is 2. The molecule has 0 heterocycles. The zero-order chi connectivity index (χ0) is 28.1. The molecule has 0 aromatic rings. The molecule has 35 heavy (non-hydrogen) atoms. The molecule has 0 aliphatic carbocycles. The quantitative estimate of drug-likeness (QED) is 0.159. The first-order valence-electron chi connectivity index (χ1n) is 13.1. The smallest absolute Gasteiger partial charge is 0.408 e. The lowest BCUT2D eigenvalue weighted by Gasteiger charge is -2.37. The third-order valence-corrected chi connectivity index (χ3v) is 5.42. The Hall–Kier alpha value is -1.38. The van der Waals surface area contributed by atoms with E-state index in [0.717, 1.165) is 12.8 Å². The first kappa shape index (κ1) is 35.8. The Morgan fingerprint density at radius 3 is 1.69 bits per heavy atom. The normalized spacial score (nSPS) is 14.3. The lowest BCUT2D eigenvalue weighted by Crippen LogP contribution is -2.57. The Morgan fingerprint density at radius 1 is 0.771 bits per heavy atom. The molecule has 8 heteroatoms. The van der Waals surface area contributed by atoms with Gasteiger partial charge >= 0.3 is 12.1 Å². The SMILES string of the molecule is CC.CCCCC(CCCCNOC(C)(C)C(C)(C)O)(NC(=O)OC(C)(C)C)C(=O)OC(C)(C)C.